The van der Waals surface area contributed by atoms with E-state index >= 15 is 0 Å². The zero-order chi connectivity index (χ0) is 15.1. The normalized spacial score (nSPS) is 10.8. The largest absolute Gasteiger partial charge is 0.385 e. The molecule has 5 nitrogen and oxygen atoms in total. The molecule has 0 aliphatic rings. The first-order valence-electron chi connectivity index (χ1n) is 7.10. The first-order chi connectivity index (χ1) is 10.2. The summed E-state index contributed by atoms with van der Waals surface area (Å²) in [5.41, 5.74) is 3.16. The Labute approximate surface area is 125 Å². The van der Waals surface area contributed by atoms with Gasteiger partial charge in [0.15, 0.2) is 0 Å². The smallest absolute Gasteiger partial charge is 0.207 e. The highest BCUT2D eigenvalue weighted by molar-refractivity contribution is 5.55. The van der Waals surface area contributed by atoms with Gasteiger partial charge in [-0.2, -0.15) is 0 Å². The number of imidazole rings is 1. The van der Waals surface area contributed by atoms with Crippen LogP contribution in [0.3, 0.4) is 0 Å². The standard InChI is InChI=1S/C16H23N3O2/c1-13-11-19(8-5-9-20-2)16(17-13)18-15-7-4-6-14(10-15)12-21-3/h4,6-7,10-11H,5,8-9,12H2,1-3H3,(H,17,18). The van der Waals surface area contributed by atoms with E-state index in [4.69, 9.17) is 9.47 Å². The Morgan fingerprint density at radius 1 is 1.24 bits per heavy atom. The van der Waals surface area contributed by atoms with Crippen molar-refractivity contribution >= 4 is 11.6 Å². The topological polar surface area (TPSA) is 48.3 Å². The molecule has 1 aromatic carbocycles. The summed E-state index contributed by atoms with van der Waals surface area (Å²) < 4.78 is 12.4. The quantitative estimate of drug-likeness (QED) is 0.759. The van der Waals surface area contributed by atoms with Gasteiger partial charge in [-0.1, -0.05) is 12.1 Å². The summed E-state index contributed by atoms with van der Waals surface area (Å²) in [4.78, 5) is 4.54. The van der Waals surface area contributed by atoms with Gasteiger partial charge < -0.3 is 19.4 Å². The summed E-state index contributed by atoms with van der Waals surface area (Å²) in [5, 5.41) is 3.37. The van der Waals surface area contributed by atoms with E-state index in [1.807, 2.05) is 25.1 Å². The van der Waals surface area contributed by atoms with Crippen molar-refractivity contribution in [2.24, 2.45) is 0 Å². The Hall–Kier alpha value is -1.85. The molecule has 0 saturated carbocycles. The highest BCUT2D eigenvalue weighted by atomic mass is 16.5. The second-order valence-electron chi connectivity index (χ2n) is 5.00. The molecule has 114 valence electrons. The van der Waals surface area contributed by atoms with E-state index in [1.54, 1.807) is 14.2 Å². The molecule has 1 aromatic heterocycles. The monoisotopic (exact) mass is 289 g/mol. The molecule has 1 heterocycles. The molecule has 0 spiro atoms. The second-order valence-corrected chi connectivity index (χ2v) is 5.00. The Morgan fingerprint density at radius 3 is 2.86 bits per heavy atom. The fraction of sp³-hybridized carbons (Fsp3) is 0.438. The SMILES string of the molecule is COCCCn1cc(C)nc1Nc1cccc(COC)c1. The number of hydrogen-bond donors (Lipinski definition) is 1. The van der Waals surface area contributed by atoms with Gasteiger partial charge in [0.25, 0.3) is 0 Å². The summed E-state index contributed by atoms with van der Waals surface area (Å²) in [6.45, 7) is 4.24. The fourth-order valence-electron chi connectivity index (χ4n) is 2.23. The van der Waals surface area contributed by atoms with Crippen molar-refractivity contribution in [1.29, 1.82) is 0 Å². The lowest BCUT2D eigenvalue weighted by molar-refractivity contribution is 0.185. The molecular weight excluding hydrogens is 266 g/mol. The van der Waals surface area contributed by atoms with Crippen LogP contribution in [0.5, 0.6) is 0 Å². The maximum atomic E-state index is 5.16. The van der Waals surface area contributed by atoms with Crippen LogP contribution in [0.15, 0.2) is 30.5 Å². The van der Waals surface area contributed by atoms with Crippen molar-refractivity contribution < 1.29 is 9.47 Å². The van der Waals surface area contributed by atoms with E-state index in [0.717, 1.165) is 42.5 Å². The predicted octanol–water partition coefficient (Wildman–Crippen LogP) is 3.12. The van der Waals surface area contributed by atoms with Gasteiger partial charge >= 0.3 is 0 Å². The summed E-state index contributed by atoms with van der Waals surface area (Å²) >= 11 is 0. The number of aromatic nitrogens is 2. The van der Waals surface area contributed by atoms with E-state index in [-0.39, 0.29) is 0 Å². The van der Waals surface area contributed by atoms with Crippen molar-refractivity contribution in [2.45, 2.75) is 26.5 Å². The zero-order valence-electron chi connectivity index (χ0n) is 12.9. The number of nitrogens with zero attached hydrogens (tertiary/aromatic N) is 2. The van der Waals surface area contributed by atoms with E-state index in [0.29, 0.717) is 6.61 Å². The molecule has 0 bridgehead atoms. The average molecular weight is 289 g/mol. The molecule has 21 heavy (non-hydrogen) atoms. The van der Waals surface area contributed by atoms with Crippen LogP contribution in [-0.2, 0) is 22.6 Å². The average Bonchev–Trinajstić information content (AvgIpc) is 2.80. The van der Waals surface area contributed by atoms with Crippen LogP contribution in [0.1, 0.15) is 17.7 Å². The number of hydrogen-bond acceptors (Lipinski definition) is 4. The van der Waals surface area contributed by atoms with E-state index in [1.165, 1.54) is 0 Å². The summed E-state index contributed by atoms with van der Waals surface area (Å²) in [6.07, 6.45) is 3.02. The van der Waals surface area contributed by atoms with Crippen LogP contribution in [0, 0.1) is 6.92 Å². The Morgan fingerprint density at radius 2 is 2.10 bits per heavy atom. The van der Waals surface area contributed by atoms with Gasteiger partial charge in [0, 0.05) is 39.3 Å². The highest BCUT2D eigenvalue weighted by Gasteiger charge is 2.06. The van der Waals surface area contributed by atoms with Crippen molar-refractivity contribution in [3.05, 3.63) is 41.7 Å². The molecular formula is C16H23N3O2. The minimum Gasteiger partial charge on any atom is -0.385 e. The van der Waals surface area contributed by atoms with Gasteiger partial charge in [0.2, 0.25) is 5.95 Å². The Balaban J connectivity index is 2.09. The fourth-order valence-corrected chi connectivity index (χ4v) is 2.23. The van der Waals surface area contributed by atoms with Crippen LogP contribution in [0.25, 0.3) is 0 Å². The predicted molar refractivity (Wildman–Crippen MR) is 83.9 cm³/mol. The maximum absolute atomic E-state index is 5.16. The van der Waals surface area contributed by atoms with Crippen LogP contribution >= 0.6 is 0 Å². The molecule has 0 amide bonds. The molecule has 0 unspecified atom stereocenters. The van der Waals surface area contributed by atoms with Gasteiger partial charge in [-0.05, 0) is 31.0 Å². The minimum absolute atomic E-state index is 0.608. The lowest BCUT2D eigenvalue weighted by atomic mass is 10.2. The lowest BCUT2D eigenvalue weighted by Crippen LogP contribution is -2.05. The maximum Gasteiger partial charge on any atom is 0.207 e. The van der Waals surface area contributed by atoms with Crippen LogP contribution in [-0.4, -0.2) is 30.4 Å². The van der Waals surface area contributed by atoms with Gasteiger partial charge in [0.05, 0.1) is 12.3 Å². The molecule has 0 radical (unpaired) electrons. The summed E-state index contributed by atoms with van der Waals surface area (Å²) in [5.74, 6) is 0.859. The number of aryl methyl sites for hydroxylation is 2. The van der Waals surface area contributed by atoms with Crippen molar-refractivity contribution in [2.75, 3.05) is 26.1 Å². The molecule has 0 fully saturated rings. The van der Waals surface area contributed by atoms with Gasteiger partial charge in [0.1, 0.15) is 0 Å². The van der Waals surface area contributed by atoms with Gasteiger partial charge in [-0.3, -0.25) is 0 Å². The molecule has 0 atom stereocenters. The van der Waals surface area contributed by atoms with Crippen molar-refractivity contribution in [3.8, 4) is 0 Å². The number of nitrogens with one attached hydrogen (secondary N) is 1. The second kappa shape index (κ2) is 7.81. The van der Waals surface area contributed by atoms with Gasteiger partial charge in [-0.25, -0.2) is 4.98 Å². The van der Waals surface area contributed by atoms with Crippen molar-refractivity contribution in [1.82, 2.24) is 9.55 Å². The van der Waals surface area contributed by atoms with E-state index < -0.39 is 0 Å². The number of rotatable bonds is 8. The first-order valence-corrected chi connectivity index (χ1v) is 7.10. The number of benzene rings is 1. The third kappa shape index (κ3) is 4.58. The van der Waals surface area contributed by atoms with Crippen LogP contribution in [0.4, 0.5) is 11.6 Å². The third-order valence-corrected chi connectivity index (χ3v) is 3.14. The Kier molecular flexibility index (Phi) is 5.78. The van der Waals surface area contributed by atoms with E-state index in [2.05, 4.69) is 27.1 Å². The van der Waals surface area contributed by atoms with Crippen LogP contribution in [0.2, 0.25) is 0 Å². The Bertz CT molecular complexity index is 566. The van der Waals surface area contributed by atoms with Crippen LogP contribution < -0.4 is 5.32 Å². The number of methoxy groups -OCH3 is 2. The molecule has 0 aliphatic heterocycles. The summed E-state index contributed by atoms with van der Waals surface area (Å²) in [7, 11) is 3.42. The molecule has 5 heteroatoms. The van der Waals surface area contributed by atoms with Gasteiger partial charge in [-0.15, -0.1) is 0 Å². The molecule has 2 rings (SSSR count). The first kappa shape index (κ1) is 15.5. The number of anilines is 2. The molecule has 2 aromatic rings. The highest BCUT2D eigenvalue weighted by Crippen LogP contribution is 2.18. The lowest BCUT2D eigenvalue weighted by Gasteiger charge is -2.10. The minimum atomic E-state index is 0.608. The molecule has 1 N–H and O–H groups in total. The molecule has 0 saturated heterocycles. The van der Waals surface area contributed by atoms with Crippen molar-refractivity contribution in [3.63, 3.8) is 0 Å². The number of ether oxygens (including phenoxy) is 2. The van der Waals surface area contributed by atoms with E-state index in [9.17, 15) is 0 Å². The zero-order valence-corrected chi connectivity index (χ0v) is 12.9. The summed E-state index contributed by atoms with van der Waals surface area (Å²) in [6, 6.07) is 8.17. The molecule has 0 aliphatic carbocycles. The third-order valence-electron chi connectivity index (χ3n) is 3.14.